The summed E-state index contributed by atoms with van der Waals surface area (Å²) in [5, 5.41) is 1.90. The zero-order valence-corrected chi connectivity index (χ0v) is 12.8. The number of carbonyl (C=O) groups excluding carboxylic acids is 1. The largest absolute Gasteiger partial charge is 0.456 e. The van der Waals surface area contributed by atoms with Gasteiger partial charge in [-0.25, -0.2) is 9.78 Å². The SMILES string of the molecule is O=C(OCC(Cl)(Cl)Cl)c1cc2c(cn1)[nH]c1ccccc12. The van der Waals surface area contributed by atoms with Gasteiger partial charge in [0.25, 0.3) is 0 Å². The van der Waals surface area contributed by atoms with Crippen molar-refractivity contribution in [3.05, 3.63) is 42.2 Å². The van der Waals surface area contributed by atoms with Crippen LogP contribution < -0.4 is 0 Å². The molecule has 0 saturated carbocycles. The average molecular weight is 344 g/mol. The van der Waals surface area contributed by atoms with E-state index in [9.17, 15) is 4.79 Å². The van der Waals surface area contributed by atoms with Gasteiger partial charge in [-0.3, -0.25) is 0 Å². The van der Waals surface area contributed by atoms with Crippen molar-refractivity contribution < 1.29 is 9.53 Å². The highest BCUT2D eigenvalue weighted by atomic mass is 35.6. The van der Waals surface area contributed by atoms with Crippen LogP contribution in [-0.2, 0) is 4.74 Å². The molecule has 0 spiro atoms. The van der Waals surface area contributed by atoms with Crippen molar-refractivity contribution in [3.63, 3.8) is 0 Å². The number of aromatic amines is 1. The Morgan fingerprint density at radius 1 is 1.19 bits per heavy atom. The number of H-pyrrole nitrogens is 1. The fourth-order valence-corrected chi connectivity index (χ4v) is 2.25. The van der Waals surface area contributed by atoms with Crippen molar-refractivity contribution in [2.24, 2.45) is 0 Å². The molecule has 4 nitrogen and oxygen atoms in total. The Kier molecular flexibility index (Phi) is 3.69. The minimum atomic E-state index is -1.64. The number of nitrogens with zero attached hydrogens (tertiary/aromatic N) is 1. The first-order chi connectivity index (χ1) is 9.94. The molecule has 108 valence electrons. The third-order valence-electron chi connectivity index (χ3n) is 2.97. The van der Waals surface area contributed by atoms with Crippen molar-refractivity contribution in [1.82, 2.24) is 9.97 Å². The van der Waals surface area contributed by atoms with Crippen LogP contribution in [0.15, 0.2) is 36.5 Å². The number of para-hydroxylation sites is 1. The quantitative estimate of drug-likeness (QED) is 0.559. The first-order valence-corrected chi connectivity index (χ1v) is 7.18. The molecule has 1 aromatic carbocycles. The van der Waals surface area contributed by atoms with Gasteiger partial charge in [-0.15, -0.1) is 0 Å². The van der Waals surface area contributed by atoms with E-state index < -0.39 is 9.76 Å². The highest BCUT2D eigenvalue weighted by Crippen LogP contribution is 2.27. The van der Waals surface area contributed by atoms with Crippen LogP contribution in [0.25, 0.3) is 21.8 Å². The van der Waals surface area contributed by atoms with Crippen molar-refractivity contribution in [2.75, 3.05) is 6.61 Å². The molecule has 0 saturated heterocycles. The Morgan fingerprint density at radius 3 is 2.71 bits per heavy atom. The second-order valence-electron chi connectivity index (χ2n) is 4.48. The normalized spacial score (nSPS) is 12.0. The number of carbonyl (C=O) groups is 1. The molecule has 1 N–H and O–H groups in total. The van der Waals surface area contributed by atoms with Gasteiger partial charge in [0.1, 0.15) is 12.3 Å². The Balaban J connectivity index is 1.97. The van der Waals surface area contributed by atoms with Crippen LogP contribution in [0.1, 0.15) is 10.5 Å². The molecule has 0 amide bonds. The van der Waals surface area contributed by atoms with E-state index in [1.807, 2.05) is 24.3 Å². The lowest BCUT2D eigenvalue weighted by Crippen LogP contribution is -2.17. The molecule has 0 bridgehead atoms. The predicted octanol–water partition coefficient (Wildman–Crippen LogP) is 4.24. The van der Waals surface area contributed by atoms with Crippen molar-refractivity contribution in [1.29, 1.82) is 0 Å². The van der Waals surface area contributed by atoms with Crippen molar-refractivity contribution in [3.8, 4) is 0 Å². The number of hydrogen-bond acceptors (Lipinski definition) is 3. The summed E-state index contributed by atoms with van der Waals surface area (Å²) in [6.07, 6.45) is 1.58. The topological polar surface area (TPSA) is 55.0 Å². The van der Waals surface area contributed by atoms with Crippen LogP contribution in [-0.4, -0.2) is 26.3 Å². The minimum absolute atomic E-state index is 0.168. The molecule has 2 aromatic heterocycles. The average Bonchev–Trinajstić information content (AvgIpc) is 2.81. The van der Waals surface area contributed by atoms with E-state index in [4.69, 9.17) is 39.5 Å². The number of esters is 1. The molecule has 0 aliphatic heterocycles. The van der Waals surface area contributed by atoms with Crippen molar-refractivity contribution >= 4 is 62.6 Å². The fraction of sp³-hybridized carbons (Fsp3) is 0.143. The number of nitrogens with one attached hydrogen (secondary N) is 1. The highest BCUT2D eigenvalue weighted by molar-refractivity contribution is 6.67. The van der Waals surface area contributed by atoms with E-state index >= 15 is 0 Å². The number of rotatable bonds is 2. The maximum Gasteiger partial charge on any atom is 0.357 e. The second-order valence-corrected chi connectivity index (χ2v) is 6.99. The van der Waals surface area contributed by atoms with Crippen LogP contribution >= 0.6 is 34.8 Å². The van der Waals surface area contributed by atoms with Gasteiger partial charge in [-0.2, -0.15) is 0 Å². The van der Waals surface area contributed by atoms with E-state index in [0.717, 1.165) is 21.8 Å². The maximum atomic E-state index is 11.9. The Hall–Kier alpha value is -1.49. The fourth-order valence-electron chi connectivity index (χ4n) is 2.08. The Labute approximate surface area is 135 Å². The van der Waals surface area contributed by atoms with Gasteiger partial charge < -0.3 is 9.72 Å². The molecule has 0 unspecified atom stereocenters. The van der Waals surface area contributed by atoms with E-state index in [0.29, 0.717) is 0 Å². The lowest BCUT2D eigenvalue weighted by atomic mass is 10.1. The van der Waals surface area contributed by atoms with Gasteiger partial charge >= 0.3 is 5.97 Å². The zero-order chi connectivity index (χ0) is 15.0. The van der Waals surface area contributed by atoms with Gasteiger partial charge in [0.15, 0.2) is 0 Å². The number of alkyl halides is 3. The lowest BCUT2D eigenvalue weighted by Gasteiger charge is -2.10. The predicted molar refractivity (Wildman–Crippen MR) is 84.2 cm³/mol. The number of aromatic nitrogens is 2. The number of fused-ring (bicyclic) bond motifs is 3. The van der Waals surface area contributed by atoms with E-state index in [2.05, 4.69) is 9.97 Å². The summed E-state index contributed by atoms with van der Waals surface area (Å²) in [5.74, 6) is -0.631. The molecule has 0 fully saturated rings. The molecule has 21 heavy (non-hydrogen) atoms. The van der Waals surface area contributed by atoms with Gasteiger partial charge in [-0.05, 0) is 12.1 Å². The summed E-state index contributed by atoms with van der Waals surface area (Å²) in [4.78, 5) is 19.2. The molecular weight excluding hydrogens is 335 g/mol. The maximum absolute atomic E-state index is 11.9. The number of benzene rings is 1. The van der Waals surface area contributed by atoms with Gasteiger partial charge in [0.05, 0.1) is 11.7 Å². The van der Waals surface area contributed by atoms with Gasteiger partial charge in [0.2, 0.25) is 3.79 Å². The first-order valence-electron chi connectivity index (χ1n) is 6.04. The molecule has 0 atom stereocenters. The Morgan fingerprint density at radius 2 is 1.95 bits per heavy atom. The zero-order valence-electron chi connectivity index (χ0n) is 10.6. The van der Waals surface area contributed by atoms with Crippen LogP contribution in [0.5, 0.6) is 0 Å². The molecule has 3 rings (SSSR count). The van der Waals surface area contributed by atoms with Crippen LogP contribution in [0.3, 0.4) is 0 Å². The van der Waals surface area contributed by atoms with E-state index in [1.165, 1.54) is 0 Å². The number of halogens is 3. The molecule has 0 aliphatic rings. The first kappa shape index (κ1) is 14.4. The van der Waals surface area contributed by atoms with E-state index in [1.54, 1.807) is 12.3 Å². The van der Waals surface area contributed by atoms with Crippen LogP contribution in [0.4, 0.5) is 0 Å². The summed E-state index contributed by atoms with van der Waals surface area (Å²) >= 11 is 16.6. The van der Waals surface area contributed by atoms with Crippen molar-refractivity contribution in [2.45, 2.75) is 3.79 Å². The third kappa shape index (κ3) is 3.07. The standard InChI is InChI=1S/C14H9Cl3N2O2/c15-14(16,17)7-21-13(20)11-5-9-8-3-1-2-4-10(8)19-12(9)6-18-11/h1-6,19H,7H2. The monoisotopic (exact) mass is 342 g/mol. The molecular formula is C14H9Cl3N2O2. The van der Waals surface area contributed by atoms with E-state index in [-0.39, 0.29) is 12.3 Å². The summed E-state index contributed by atoms with van der Waals surface area (Å²) < 4.78 is 3.28. The summed E-state index contributed by atoms with van der Waals surface area (Å²) in [5.41, 5.74) is 1.98. The van der Waals surface area contributed by atoms with Crippen LogP contribution in [0, 0.1) is 0 Å². The molecule has 7 heteroatoms. The lowest BCUT2D eigenvalue weighted by molar-refractivity contribution is 0.0505. The third-order valence-corrected chi connectivity index (χ3v) is 3.29. The Bertz CT molecular complexity index is 824. The second kappa shape index (κ2) is 5.37. The molecule has 0 radical (unpaired) electrons. The summed E-state index contributed by atoms with van der Waals surface area (Å²) in [7, 11) is 0. The smallest absolute Gasteiger partial charge is 0.357 e. The summed E-state index contributed by atoms with van der Waals surface area (Å²) in [6.45, 7) is -0.329. The summed E-state index contributed by atoms with van der Waals surface area (Å²) in [6, 6.07) is 9.44. The molecule has 2 heterocycles. The molecule has 0 aliphatic carbocycles. The molecule has 3 aromatic rings. The van der Waals surface area contributed by atoms with Crippen LogP contribution in [0.2, 0.25) is 0 Å². The van der Waals surface area contributed by atoms with Gasteiger partial charge in [-0.1, -0.05) is 53.0 Å². The minimum Gasteiger partial charge on any atom is -0.456 e. The highest BCUT2D eigenvalue weighted by Gasteiger charge is 2.23. The number of pyridine rings is 1. The number of ether oxygens (including phenoxy) is 1. The number of hydrogen-bond donors (Lipinski definition) is 1. The van der Waals surface area contributed by atoms with Gasteiger partial charge in [0, 0.05) is 16.3 Å².